The Morgan fingerprint density at radius 3 is 2.36 bits per heavy atom. The van der Waals surface area contributed by atoms with Crippen LogP contribution in [0.5, 0.6) is 0 Å². The molecule has 3 aromatic carbocycles. The topological polar surface area (TPSA) is 102 Å². The lowest BCUT2D eigenvalue weighted by atomic mass is 9.99. The van der Waals surface area contributed by atoms with Crippen LogP contribution in [0.3, 0.4) is 0 Å². The highest BCUT2D eigenvalue weighted by Crippen LogP contribution is 2.18. The van der Waals surface area contributed by atoms with Crippen molar-refractivity contribution in [3.8, 4) is 0 Å². The molecule has 0 aromatic heterocycles. The zero-order valence-electron chi connectivity index (χ0n) is 18.5. The molecule has 0 aliphatic carbocycles. The Morgan fingerprint density at radius 1 is 0.939 bits per heavy atom. The Kier molecular flexibility index (Phi) is 8.57. The molecule has 0 fully saturated rings. The fourth-order valence-electron chi connectivity index (χ4n) is 3.44. The van der Waals surface area contributed by atoms with Gasteiger partial charge in [0.1, 0.15) is 0 Å². The maximum atomic E-state index is 12.6. The second-order valence-corrected chi connectivity index (χ2v) is 9.37. The highest BCUT2D eigenvalue weighted by molar-refractivity contribution is 7.89. The summed E-state index contributed by atoms with van der Waals surface area (Å²) in [5.74, 6) is -1.25. The van der Waals surface area contributed by atoms with Crippen molar-refractivity contribution in [1.29, 1.82) is 0 Å². The number of sulfonamides is 1. The van der Waals surface area contributed by atoms with Gasteiger partial charge >= 0.3 is 5.97 Å². The predicted molar refractivity (Wildman–Crippen MR) is 127 cm³/mol. The Balaban J connectivity index is 1.52. The molecule has 0 saturated heterocycles. The van der Waals surface area contributed by atoms with Crippen LogP contribution in [0.15, 0.2) is 77.7 Å². The Hall–Kier alpha value is -3.23. The zero-order valence-corrected chi connectivity index (χ0v) is 19.3. The highest BCUT2D eigenvalue weighted by Gasteiger charge is 2.21. The molecule has 33 heavy (non-hydrogen) atoms. The van der Waals surface area contributed by atoms with E-state index in [2.05, 4.69) is 10.0 Å². The van der Waals surface area contributed by atoms with Crippen LogP contribution in [0.4, 0.5) is 0 Å². The number of nitrogens with one attached hydrogen (secondary N) is 2. The molecule has 8 heteroatoms. The van der Waals surface area contributed by atoms with E-state index in [1.54, 1.807) is 19.1 Å². The minimum absolute atomic E-state index is 0.0479. The third-order valence-corrected chi connectivity index (χ3v) is 6.62. The number of carbonyl (C=O) groups is 2. The minimum Gasteiger partial charge on any atom is -0.466 e. The average Bonchev–Trinajstić information content (AvgIpc) is 2.82. The summed E-state index contributed by atoms with van der Waals surface area (Å²) in [6, 6.07) is 21.9. The van der Waals surface area contributed by atoms with Crippen molar-refractivity contribution in [1.82, 2.24) is 10.0 Å². The van der Waals surface area contributed by atoms with Gasteiger partial charge in [-0.2, -0.15) is 0 Å². The van der Waals surface area contributed by atoms with Crippen molar-refractivity contribution in [2.75, 3.05) is 19.7 Å². The van der Waals surface area contributed by atoms with E-state index in [1.165, 1.54) is 6.07 Å². The van der Waals surface area contributed by atoms with Crippen LogP contribution in [-0.2, 0) is 30.8 Å². The molecule has 7 nitrogen and oxygen atoms in total. The van der Waals surface area contributed by atoms with E-state index in [0.717, 1.165) is 16.3 Å². The number of carbonyl (C=O) groups excluding carboxylic acids is 2. The van der Waals surface area contributed by atoms with Crippen molar-refractivity contribution < 1.29 is 22.7 Å². The molecule has 0 aliphatic heterocycles. The molecule has 0 saturated carbocycles. The van der Waals surface area contributed by atoms with Gasteiger partial charge in [-0.25, -0.2) is 13.1 Å². The molecule has 174 valence electrons. The Bertz CT molecular complexity index is 1200. The van der Waals surface area contributed by atoms with Crippen LogP contribution in [-0.4, -0.2) is 40.0 Å². The second kappa shape index (κ2) is 11.6. The van der Waals surface area contributed by atoms with E-state index in [9.17, 15) is 18.0 Å². The monoisotopic (exact) mass is 468 g/mol. The molecule has 0 radical (unpaired) electrons. The van der Waals surface area contributed by atoms with Crippen molar-refractivity contribution in [2.24, 2.45) is 5.92 Å². The van der Waals surface area contributed by atoms with Crippen molar-refractivity contribution in [3.63, 3.8) is 0 Å². The largest absolute Gasteiger partial charge is 0.466 e. The van der Waals surface area contributed by atoms with Gasteiger partial charge in [-0.1, -0.05) is 60.7 Å². The number of hydrogen-bond donors (Lipinski definition) is 2. The number of fused-ring (bicyclic) bond motifs is 1. The maximum absolute atomic E-state index is 12.6. The lowest BCUT2D eigenvalue weighted by Gasteiger charge is -2.16. The highest BCUT2D eigenvalue weighted by atomic mass is 32.2. The van der Waals surface area contributed by atoms with E-state index in [-0.39, 0.29) is 42.9 Å². The lowest BCUT2D eigenvalue weighted by molar-refractivity contribution is -0.147. The van der Waals surface area contributed by atoms with E-state index < -0.39 is 15.9 Å². The first kappa shape index (κ1) is 24.4. The number of rotatable bonds is 11. The minimum atomic E-state index is -3.74. The fourth-order valence-corrected chi connectivity index (χ4v) is 4.51. The third kappa shape index (κ3) is 7.13. The van der Waals surface area contributed by atoms with Gasteiger partial charge in [0, 0.05) is 19.5 Å². The standard InChI is InChI=1S/C25H28N2O5S/c1-2-32-25(29)22(16-19-8-4-3-5-9-19)18-26-24(28)14-15-27-33(30,31)23-13-12-20-10-6-7-11-21(20)17-23/h3-13,17,22,27H,2,14-16,18H2,1H3,(H,26,28). The normalized spacial score (nSPS) is 12.3. The molecule has 0 aliphatic rings. The van der Waals surface area contributed by atoms with Crippen LogP contribution >= 0.6 is 0 Å². The molecule has 1 atom stereocenters. The molecule has 1 amide bonds. The maximum Gasteiger partial charge on any atom is 0.311 e. The molecule has 3 rings (SSSR count). The molecule has 0 heterocycles. The summed E-state index contributed by atoms with van der Waals surface area (Å²) < 4.78 is 32.8. The second-order valence-electron chi connectivity index (χ2n) is 7.60. The summed E-state index contributed by atoms with van der Waals surface area (Å²) in [6.07, 6.45) is 0.391. The van der Waals surface area contributed by atoms with Gasteiger partial charge in [0.25, 0.3) is 0 Å². The van der Waals surface area contributed by atoms with Gasteiger partial charge in [-0.05, 0) is 41.8 Å². The predicted octanol–water partition coefficient (Wildman–Crippen LogP) is 3.05. The number of ether oxygens (including phenoxy) is 1. The van der Waals surface area contributed by atoms with E-state index >= 15 is 0 Å². The molecular weight excluding hydrogens is 440 g/mol. The first-order valence-electron chi connectivity index (χ1n) is 10.8. The fraction of sp³-hybridized carbons (Fsp3) is 0.280. The van der Waals surface area contributed by atoms with Crippen LogP contribution < -0.4 is 10.0 Å². The van der Waals surface area contributed by atoms with E-state index in [1.807, 2.05) is 54.6 Å². The van der Waals surface area contributed by atoms with Gasteiger partial charge < -0.3 is 10.1 Å². The number of esters is 1. The van der Waals surface area contributed by atoms with Crippen LogP contribution in [0.2, 0.25) is 0 Å². The van der Waals surface area contributed by atoms with Gasteiger partial charge in [0.15, 0.2) is 0 Å². The summed E-state index contributed by atoms with van der Waals surface area (Å²) >= 11 is 0. The molecule has 1 unspecified atom stereocenters. The summed E-state index contributed by atoms with van der Waals surface area (Å²) in [7, 11) is -3.74. The van der Waals surface area contributed by atoms with E-state index in [4.69, 9.17) is 4.74 Å². The van der Waals surface area contributed by atoms with Crippen molar-refractivity contribution >= 4 is 32.7 Å². The molecular formula is C25H28N2O5S. The van der Waals surface area contributed by atoms with Crippen LogP contribution in [0.1, 0.15) is 18.9 Å². The van der Waals surface area contributed by atoms with E-state index in [0.29, 0.717) is 6.42 Å². The van der Waals surface area contributed by atoms with Gasteiger partial charge in [0.2, 0.25) is 15.9 Å². The van der Waals surface area contributed by atoms with Gasteiger partial charge in [-0.15, -0.1) is 0 Å². The number of amides is 1. The average molecular weight is 469 g/mol. The SMILES string of the molecule is CCOC(=O)C(CNC(=O)CCNS(=O)(=O)c1ccc2ccccc2c1)Cc1ccccc1. The van der Waals surface area contributed by atoms with Crippen molar-refractivity contribution in [2.45, 2.75) is 24.7 Å². The van der Waals surface area contributed by atoms with Gasteiger partial charge in [0.05, 0.1) is 17.4 Å². The first-order chi connectivity index (χ1) is 15.9. The Labute approximate surface area is 194 Å². The lowest BCUT2D eigenvalue weighted by Crippen LogP contribution is -2.36. The molecule has 0 spiro atoms. The number of benzene rings is 3. The summed E-state index contributed by atoms with van der Waals surface area (Å²) in [4.78, 5) is 24.7. The summed E-state index contributed by atoms with van der Waals surface area (Å²) in [6.45, 7) is 2.06. The van der Waals surface area contributed by atoms with Gasteiger partial charge in [-0.3, -0.25) is 9.59 Å². The molecule has 3 aromatic rings. The molecule has 0 bridgehead atoms. The van der Waals surface area contributed by atoms with Crippen LogP contribution in [0.25, 0.3) is 10.8 Å². The summed E-state index contributed by atoms with van der Waals surface area (Å²) in [5.41, 5.74) is 0.966. The quantitative estimate of drug-likeness (QED) is 0.421. The van der Waals surface area contributed by atoms with Crippen molar-refractivity contribution in [3.05, 3.63) is 78.4 Å². The van der Waals surface area contributed by atoms with Crippen LogP contribution in [0, 0.1) is 5.92 Å². The molecule has 2 N–H and O–H groups in total. The Morgan fingerprint density at radius 2 is 1.64 bits per heavy atom. The number of hydrogen-bond acceptors (Lipinski definition) is 5. The first-order valence-corrected chi connectivity index (χ1v) is 12.3. The smallest absolute Gasteiger partial charge is 0.311 e. The summed E-state index contributed by atoms with van der Waals surface area (Å²) in [5, 5.41) is 4.49. The third-order valence-electron chi connectivity index (χ3n) is 5.17. The zero-order chi connectivity index (χ0) is 23.7.